The molecule has 0 bridgehead atoms. The summed E-state index contributed by atoms with van der Waals surface area (Å²) in [4.78, 5) is 3.52. The van der Waals surface area contributed by atoms with Gasteiger partial charge in [-0.1, -0.05) is 12.1 Å². The minimum Gasteiger partial charge on any atom is -0.323 e. The zero-order chi connectivity index (χ0) is 10.3. The first-order valence-corrected chi connectivity index (χ1v) is 3.99. The first-order chi connectivity index (χ1) is 6.50. The fraction of sp³-hybridized carbons (Fsp3) is 0.222. The van der Waals surface area contributed by atoms with Gasteiger partial charge in [0.2, 0.25) is 5.82 Å². The van der Waals surface area contributed by atoms with Crippen molar-refractivity contribution in [2.45, 2.75) is 6.18 Å². The molecule has 1 heterocycles. The number of imidazole rings is 1. The van der Waals surface area contributed by atoms with Crippen LogP contribution in [0.1, 0.15) is 5.82 Å². The number of nitrogens with zero attached hydrogens (tertiary/aromatic N) is 2. The number of hydrogen-bond acceptors (Lipinski definition) is 1. The number of hydrogen-bond donors (Lipinski definition) is 0. The molecule has 0 N–H and O–H groups in total. The molecule has 2 nitrogen and oxygen atoms in total. The largest absolute Gasteiger partial charge is 0.449 e. The van der Waals surface area contributed by atoms with Crippen LogP contribution in [0, 0.1) is 0 Å². The summed E-state index contributed by atoms with van der Waals surface area (Å²) in [6, 6.07) is 6.52. The maximum atomic E-state index is 12.4. The summed E-state index contributed by atoms with van der Waals surface area (Å²) in [6.07, 6.45) is -4.40. The van der Waals surface area contributed by atoms with Crippen LogP contribution in [-0.2, 0) is 13.2 Å². The van der Waals surface area contributed by atoms with E-state index in [-0.39, 0.29) is 0 Å². The van der Waals surface area contributed by atoms with Crippen molar-refractivity contribution in [2.75, 3.05) is 0 Å². The highest BCUT2D eigenvalue weighted by molar-refractivity contribution is 5.75. The van der Waals surface area contributed by atoms with E-state index in [0.29, 0.717) is 11.0 Å². The monoisotopic (exact) mass is 200 g/mol. The first-order valence-electron chi connectivity index (χ1n) is 3.99. The van der Waals surface area contributed by atoms with Gasteiger partial charge < -0.3 is 4.57 Å². The molecule has 1 aromatic heterocycles. The third kappa shape index (κ3) is 1.25. The zero-order valence-electron chi connectivity index (χ0n) is 7.34. The summed E-state index contributed by atoms with van der Waals surface area (Å²) >= 11 is 0. The quantitative estimate of drug-likeness (QED) is 0.639. The van der Waals surface area contributed by atoms with Gasteiger partial charge in [0.1, 0.15) is 0 Å². The summed E-state index contributed by atoms with van der Waals surface area (Å²) in [5, 5.41) is 0. The summed E-state index contributed by atoms with van der Waals surface area (Å²) in [5.74, 6) is -0.862. The molecule has 2 rings (SSSR count). The SMILES string of the molecule is Cn1c(C(F)(F)F)nc2ccccc21. The first kappa shape index (κ1) is 9.05. The van der Waals surface area contributed by atoms with Crippen LogP contribution in [0.3, 0.4) is 0 Å². The van der Waals surface area contributed by atoms with Gasteiger partial charge in [0.05, 0.1) is 11.0 Å². The molecule has 0 aliphatic heterocycles. The van der Waals surface area contributed by atoms with Crippen molar-refractivity contribution in [2.24, 2.45) is 7.05 Å². The van der Waals surface area contributed by atoms with Gasteiger partial charge in [-0.2, -0.15) is 13.2 Å². The Kier molecular flexibility index (Phi) is 1.77. The number of fused-ring (bicyclic) bond motifs is 1. The summed E-state index contributed by atoms with van der Waals surface area (Å²) in [5.41, 5.74) is 0.849. The molecule has 0 amide bonds. The molecule has 1 aromatic carbocycles. The standard InChI is InChI=1S/C9H7F3N2/c1-14-7-5-3-2-4-6(7)13-8(14)9(10,11)12/h2-5H,1H3. The van der Waals surface area contributed by atoms with Gasteiger partial charge in [-0.25, -0.2) is 4.98 Å². The van der Waals surface area contributed by atoms with Crippen molar-refractivity contribution in [3.8, 4) is 0 Å². The molecule has 0 radical (unpaired) electrons. The second-order valence-electron chi connectivity index (χ2n) is 2.98. The van der Waals surface area contributed by atoms with Crippen molar-refractivity contribution in [1.82, 2.24) is 9.55 Å². The van der Waals surface area contributed by atoms with Crippen LogP contribution in [0.2, 0.25) is 0 Å². The maximum Gasteiger partial charge on any atom is 0.449 e. The number of alkyl halides is 3. The molecule has 0 aliphatic carbocycles. The fourth-order valence-electron chi connectivity index (χ4n) is 1.40. The molecular weight excluding hydrogens is 193 g/mol. The molecule has 0 saturated heterocycles. The molecule has 0 unspecified atom stereocenters. The summed E-state index contributed by atoms with van der Waals surface area (Å²) in [6.45, 7) is 0. The highest BCUT2D eigenvalue weighted by atomic mass is 19.4. The molecule has 5 heteroatoms. The molecule has 0 saturated carbocycles. The van der Waals surface area contributed by atoms with E-state index >= 15 is 0 Å². The molecule has 0 fully saturated rings. The average molecular weight is 200 g/mol. The van der Waals surface area contributed by atoms with Crippen LogP contribution in [0.15, 0.2) is 24.3 Å². The summed E-state index contributed by atoms with van der Waals surface area (Å²) in [7, 11) is 1.36. The average Bonchev–Trinajstić information content (AvgIpc) is 2.44. The topological polar surface area (TPSA) is 17.8 Å². The Labute approximate surface area is 78.0 Å². The van der Waals surface area contributed by atoms with E-state index in [2.05, 4.69) is 4.98 Å². The van der Waals surface area contributed by atoms with E-state index in [4.69, 9.17) is 0 Å². The maximum absolute atomic E-state index is 12.4. The number of aryl methyl sites for hydroxylation is 1. The number of rotatable bonds is 0. The lowest BCUT2D eigenvalue weighted by Crippen LogP contribution is -2.12. The van der Waals surface area contributed by atoms with Crippen LogP contribution in [0.4, 0.5) is 13.2 Å². The van der Waals surface area contributed by atoms with E-state index in [1.165, 1.54) is 7.05 Å². The van der Waals surface area contributed by atoms with Crippen molar-refractivity contribution < 1.29 is 13.2 Å². The lowest BCUT2D eigenvalue weighted by atomic mass is 10.3. The van der Waals surface area contributed by atoms with Gasteiger partial charge in [-0.3, -0.25) is 0 Å². The van der Waals surface area contributed by atoms with Crippen molar-refractivity contribution in [3.63, 3.8) is 0 Å². The minimum atomic E-state index is -4.40. The van der Waals surface area contributed by atoms with E-state index in [1.54, 1.807) is 24.3 Å². The van der Waals surface area contributed by atoms with Gasteiger partial charge >= 0.3 is 6.18 Å². The van der Waals surface area contributed by atoms with Crippen LogP contribution in [0.25, 0.3) is 11.0 Å². The zero-order valence-corrected chi connectivity index (χ0v) is 7.34. The molecule has 0 aliphatic rings. The normalized spacial score (nSPS) is 12.3. The van der Waals surface area contributed by atoms with Gasteiger partial charge in [0.25, 0.3) is 0 Å². The van der Waals surface area contributed by atoms with Gasteiger partial charge in [0.15, 0.2) is 0 Å². The Bertz CT molecular complexity index is 470. The van der Waals surface area contributed by atoms with Crippen LogP contribution >= 0.6 is 0 Å². The van der Waals surface area contributed by atoms with E-state index in [0.717, 1.165) is 4.57 Å². The number of aromatic nitrogens is 2. The predicted octanol–water partition coefficient (Wildman–Crippen LogP) is 2.59. The van der Waals surface area contributed by atoms with Gasteiger partial charge in [-0.05, 0) is 12.1 Å². The number of para-hydroxylation sites is 2. The van der Waals surface area contributed by atoms with Crippen LogP contribution in [0.5, 0.6) is 0 Å². The van der Waals surface area contributed by atoms with Crippen molar-refractivity contribution in [3.05, 3.63) is 30.1 Å². The molecular formula is C9H7F3N2. The highest BCUT2D eigenvalue weighted by Gasteiger charge is 2.36. The van der Waals surface area contributed by atoms with Crippen LogP contribution < -0.4 is 0 Å². The van der Waals surface area contributed by atoms with Crippen LogP contribution in [-0.4, -0.2) is 9.55 Å². The van der Waals surface area contributed by atoms with Gasteiger partial charge in [-0.15, -0.1) is 0 Å². The molecule has 74 valence electrons. The minimum absolute atomic E-state index is 0.363. The second kappa shape index (κ2) is 2.73. The molecule has 2 aromatic rings. The number of benzene rings is 1. The third-order valence-electron chi connectivity index (χ3n) is 2.04. The van der Waals surface area contributed by atoms with E-state index < -0.39 is 12.0 Å². The Morgan fingerprint density at radius 1 is 1.21 bits per heavy atom. The Hall–Kier alpha value is -1.52. The third-order valence-corrected chi connectivity index (χ3v) is 2.04. The number of halogens is 3. The predicted molar refractivity (Wildman–Crippen MR) is 45.7 cm³/mol. The smallest absolute Gasteiger partial charge is 0.323 e. The van der Waals surface area contributed by atoms with Crippen molar-refractivity contribution in [1.29, 1.82) is 0 Å². The lowest BCUT2D eigenvalue weighted by Gasteiger charge is -2.05. The Balaban J connectivity index is 2.75. The second-order valence-corrected chi connectivity index (χ2v) is 2.98. The highest BCUT2D eigenvalue weighted by Crippen LogP contribution is 2.30. The molecule has 14 heavy (non-hydrogen) atoms. The van der Waals surface area contributed by atoms with E-state index in [9.17, 15) is 13.2 Å². The van der Waals surface area contributed by atoms with Crippen molar-refractivity contribution >= 4 is 11.0 Å². The van der Waals surface area contributed by atoms with Gasteiger partial charge in [0, 0.05) is 7.05 Å². The molecule has 0 atom stereocenters. The lowest BCUT2D eigenvalue weighted by molar-refractivity contribution is -0.146. The van der Waals surface area contributed by atoms with E-state index in [1.807, 2.05) is 0 Å². The Morgan fingerprint density at radius 2 is 1.86 bits per heavy atom. The summed E-state index contributed by atoms with van der Waals surface area (Å²) < 4.78 is 38.3. The Morgan fingerprint density at radius 3 is 2.43 bits per heavy atom. The molecule has 0 spiro atoms. The fourth-order valence-corrected chi connectivity index (χ4v) is 1.40.